The maximum atomic E-state index is 13.4. The molecule has 2 aromatic rings. The van der Waals surface area contributed by atoms with Crippen molar-refractivity contribution < 1.29 is 23.7 Å². The lowest BCUT2D eigenvalue weighted by Crippen LogP contribution is -2.54. The summed E-state index contributed by atoms with van der Waals surface area (Å²) in [5.74, 6) is -2.62. The second kappa shape index (κ2) is 10.1. The van der Waals surface area contributed by atoms with Gasteiger partial charge in [0.05, 0.1) is 4.92 Å². The van der Waals surface area contributed by atoms with Gasteiger partial charge in [0.2, 0.25) is 17.7 Å². The van der Waals surface area contributed by atoms with Crippen molar-refractivity contribution in [3.05, 3.63) is 75.6 Å². The summed E-state index contributed by atoms with van der Waals surface area (Å²) in [5, 5.41) is 16.1. The van der Waals surface area contributed by atoms with Crippen LogP contribution < -0.4 is 16.4 Å². The number of nitro benzene ring substituents is 1. The van der Waals surface area contributed by atoms with E-state index in [0.29, 0.717) is 5.56 Å². The average Bonchev–Trinajstić information content (AvgIpc) is 2.66. The van der Waals surface area contributed by atoms with E-state index in [0.717, 1.165) is 0 Å². The van der Waals surface area contributed by atoms with Gasteiger partial charge < -0.3 is 16.4 Å². The molecule has 9 nitrogen and oxygen atoms in total. The number of rotatable bonds is 9. The van der Waals surface area contributed by atoms with E-state index in [2.05, 4.69) is 10.6 Å². The van der Waals surface area contributed by atoms with Gasteiger partial charge in [-0.3, -0.25) is 24.5 Å². The molecule has 0 heterocycles. The Bertz CT molecular complexity index is 966. The highest BCUT2D eigenvalue weighted by Gasteiger charge is 2.27. The highest BCUT2D eigenvalue weighted by atomic mass is 19.1. The summed E-state index contributed by atoms with van der Waals surface area (Å²) in [6.45, 7) is 1.21. The molecule has 3 amide bonds. The van der Waals surface area contributed by atoms with Gasteiger partial charge in [0.15, 0.2) is 0 Å². The van der Waals surface area contributed by atoms with E-state index in [1.807, 2.05) is 0 Å². The summed E-state index contributed by atoms with van der Waals surface area (Å²) in [6.07, 6.45) is -0.231. The van der Waals surface area contributed by atoms with Crippen LogP contribution in [0.1, 0.15) is 18.1 Å². The molecule has 4 N–H and O–H groups in total. The minimum atomic E-state index is -1.25. The van der Waals surface area contributed by atoms with Gasteiger partial charge >= 0.3 is 0 Å². The van der Waals surface area contributed by atoms with Crippen LogP contribution in [0.3, 0.4) is 0 Å². The number of primary amides is 1. The maximum Gasteiger partial charge on any atom is 0.272 e. The number of hydrogen-bond donors (Lipinski definition) is 3. The molecule has 0 aliphatic rings. The van der Waals surface area contributed by atoms with Crippen molar-refractivity contribution in [3.8, 4) is 0 Å². The van der Waals surface area contributed by atoms with Crippen molar-refractivity contribution in [1.29, 1.82) is 0 Å². The number of nitrogens with two attached hydrogens (primary N) is 1. The van der Waals surface area contributed by atoms with Crippen LogP contribution in [-0.2, 0) is 27.2 Å². The van der Waals surface area contributed by atoms with E-state index >= 15 is 0 Å². The first-order valence-corrected chi connectivity index (χ1v) is 9.01. The van der Waals surface area contributed by atoms with Crippen LogP contribution >= 0.6 is 0 Å². The van der Waals surface area contributed by atoms with Crippen molar-refractivity contribution in [3.63, 3.8) is 0 Å². The fourth-order valence-corrected chi connectivity index (χ4v) is 2.93. The lowest BCUT2D eigenvalue weighted by Gasteiger charge is -2.21. The van der Waals surface area contributed by atoms with Crippen LogP contribution in [0, 0.1) is 15.9 Å². The molecule has 10 heteroatoms. The number of nitrogens with one attached hydrogen (secondary N) is 2. The highest BCUT2D eigenvalue weighted by molar-refractivity contribution is 5.91. The number of benzene rings is 2. The fraction of sp³-hybridized carbons (Fsp3) is 0.250. The van der Waals surface area contributed by atoms with E-state index in [1.165, 1.54) is 43.3 Å². The Kier molecular flexibility index (Phi) is 7.56. The minimum absolute atomic E-state index is 0.0276. The van der Waals surface area contributed by atoms with Gasteiger partial charge in [-0.05, 0) is 17.7 Å². The summed E-state index contributed by atoms with van der Waals surface area (Å²) in [6, 6.07) is 8.94. The zero-order valence-electron chi connectivity index (χ0n) is 16.1. The number of carbonyl (C=O) groups is 3. The van der Waals surface area contributed by atoms with Crippen molar-refractivity contribution in [2.75, 3.05) is 0 Å². The normalized spacial score (nSPS) is 12.5. The first kappa shape index (κ1) is 22.5. The molecule has 0 saturated carbocycles. The Labute approximate surface area is 171 Å². The molecule has 30 heavy (non-hydrogen) atoms. The van der Waals surface area contributed by atoms with Crippen molar-refractivity contribution in [2.45, 2.75) is 31.8 Å². The van der Waals surface area contributed by atoms with Crippen LogP contribution in [0.2, 0.25) is 0 Å². The third kappa shape index (κ3) is 6.36. The molecule has 0 aliphatic heterocycles. The second-order valence-electron chi connectivity index (χ2n) is 6.64. The molecule has 0 unspecified atom stereocenters. The molecule has 0 saturated heterocycles. The molecule has 0 spiro atoms. The molecular formula is C20H21FN4O5. The number of nitrogens with zero attached hydrogens (tertiary/aromatic N) is 1. The Morgan fingerprint density at radius 3 is 2.37 bits per heavy atom. The van der Waals surface area contributed by atoms with Gasteiger partial charge in [-0.25, -0.2) is 4.39 Å². The average molecular weight is 416 g/mol. The number of amides is 3. The number of halogens is 1. The van der Waals surface area contributed by atoms with E-state index < -0.39 is 40.5 Å². The lowest BCUT2D eigenvalue weighted by molar-refractivity contribution is -0.385. The summed E-state index contributed by atoms with van der Waals surface area (Å²) in [5.41, 5.74) is 5.83. The summed E-state index contributed by atoms with van der Waals surface area (Å²) in [4.78, 5) is 46.7. The summed E-state index contributed by atoms with van der Waals surface area (Å²) >= 11 is 0. The topological polar surface area (TPSA) is 144 Å². The van der Waals surface area contributed by atoms with Gasteiger partial charge in [-0.15, -0.1) is 0 Å². The minimum Gasteiger partial charge on any atom is -0.368 e. The standard InChI is InChI=1S/C20H21FN4O5/c1-12(26)23-17(10-13-5-4-7-15(21)9-13)20(28)24-16(19(22)27)11-14-6-2-3-8-18(14)25(29)30/h2-9,16-17H,10-11H2,1H3,(H2,22,27)(H,23,26)(H,24,28)/t16-,17+/m1/s1. The Morgan fingerprint density at radius 1 is 1.07 bits per heavy atom. The van der Waals surface area contributed by atoms with Crippen LogP contribution in [0.4, 0.5) is 10.1 Å². The van der Waals surface area contributed by atoms with Gasteiger partial charge in [0.1, 0.15) is 17.9 Å². The van der Waals surface area contributed by atoms with Crippen LogP contribution in [-0.4, -0.2) is 34.7 Å². The SMILES string of the molecule is CC(=O)N[C@@H](Cc1cccc(F)c1)C(=O)N[C@H](Cc1ccccc1[N+](=O)[O-])C(N)=O. The largest absolute Gasteiger partial charge is 0.368 e. The Morgan fingerprint density at radius 2 is 1.77 bits per heavy atom. The quantitative estimate of drug-likeness (QED) is 0.412. The monoisotopic (exact) mass is 416 g/mol. The molecular weight excluding hydrogens is 395 g/mol. The number of carbonyl (C=O) groups excluding carboxylic acids is 3. The predicted molar refractivity (Wildman–Crippen MR) is 106 cm³/mol. The molecule has 2 atom stereocenters. The van der Waals surface area contributed by atoms with Gasteiger partial charge in [-0.1, -0.05) is 30.3 Å². The number of hydrogen-bond acceptors (Lipinski definition) is 5. The predicted octanol–water partition coefficient (Wildman–Crippen LogP) is 0.994. The van der Waals surface area contributed by atoms with Crippen molar-refractivity contribution >= 4 is 23.4 Å². The molecule has 2 rings (SSSR count). The first-order valence-electron chi connectivity index (χ1n) is 9.01. The van der Waals surface area contributed by atoms with E-state index in [4.69, 9.17) is 5.73 Å². The summed E-state index contributed by atoms with van der Waals surface area (Å²) < 4.78 is 13.4. The number of para-hydroxylation sites is 1. The molecule has 158 valence electrons. The highest BCUT2D eigenvalue weighted by Crippen LogP contribution is 2.19. The van der Waals surface area contributed by atoms with Crippen LogP contribution in [0.25, 0.3) is 0 Å². The Hall–Kier alpha value is -3.82. The summed E-state index contributed by atoms with van der Waals surface area (Å²) in [7, 11) is 0. The Balaban J connectivity index is 2.20. The molecule has 0 fully saturated rings. The molecule has 0 bridgehead atoms. The third-order valence-electron chi connectivity index (χ3n) is 4.30. The second-order valence-corrected chi connectivity index (χ2v) is 6.64. The van der Waals surface area contributed by atoms with Crippen molar-refractivity contribution in [1.82, 2.24) is 10.6 Å². The van der Waals surface area contributed by atoms with Gasteiger partial charge in [-0.2, -0.15) is 0 Å². The van der Waals surface area contributed by atoms with Gasteiger partial charge in [0, 0.05) is 31.4 Å². The first-order chi connectivity index (χ1) is 14.2. The van der Waals surface area contributed by atoms with E-state index in [1.54, 1.807) is 12.1 Å². The zero-order chi connectivity index (χ0) is 22.3. The molecule has 0 radical (unpaired) electrons. The smallest absolute Gasteiger partial charge is 0.272 e. The molecule has 2 aromatic carbocycles. The van der Waals surface area contributed by atoms with Crippen molar-refractivity contribution in [2.24, 2.45) is 5.73 Å². The maximum absolute atomic E-state index is 13.4. The number of nitro groups is 1. The zero-order valence-corrected chi connectivity index (χ0v) is 16.1. The lowest BCUT2D eigenvalue weighted by atomic mass is 10.0. The van der Waals surface area contributed by atoms with Gasteiger partial charge in [0.25, 0.3) is 5.69 Å². The molecule has 0 aromatic heterocycles. The van der Waals surface area contributed by atoms with E-state index in [9.17, 15) is 28.9 Å². The fourth-order valence-electron chi connectivity index (χ4n) is 2.93. The van der Waals surface area contributed by atoms with Crippen LogP contribution in [0.15, 0.2) is 48.5 Å². The third-order valence-corrected chi connectivity index (χ3v) is 4.30. The molecule has 0 aliphatic carbocycles. The van der Waals surface area contributed by atoms with E-state index in [-0.39, 0.29) is 24.1 Å². The van der Waals surface area contributed by atoms with Crippen LogP contribution in [0.5, 0.6) is 0 Å².